The Morgan fingerprint density at radius 2 is 2.12 bits per heavy atom. The molecule has 2 aromatic rings. The number of para-hydroxylation sites is 1. The molecule has 0 radical (unpaired) electrons. The van der Waals surface area contributed by atoms with Gasteiger partial charge in [0.05, 0.1) is 13.2 Å². The Bertz CT molecular complexity index is 596. The molecule has 0 atom stereocenters. The van der Waals surface area contributed by atoms with Crippen molar-refractivity contribution in [2.45, 2.75) is 12.3 Å². The number of aromatic nitrogens is 1. The molecule has 0 saturated carbocycles. The number of nitrogens with one attached hydrogen (secondary N) is 1. The van der Waals surface area contributed by atoms with Gasteiger partial charge in [0.15, 0.2) is 0 Å². The maximum absolute atomic E-state index is 11.7. The Labute approximate surface area is 98.8 Å². The van der Waals surface area contributed by atoms with E-state index in [9.17, 15) is 4.79 Å². The first-order valence-corrected chi connectivity index (χ1v) is 5.60. The van der Waals surface area contributed by atoms with Crippen LogP contribution in [-0.4, -0.2) is 24.1 Å². The van der Waals surface area contributed by atoms with Crippen molar-refractivity contribution in [3.8, 4) is 0 Å². The number of aryl methyl sites for hydroxylation is 1. The molecule has 1 saturated heterocycles. The summed E-state index contributed by atoms with van der Waals surface area (Å²) in [5, 5.41) is 1.06. The number of carbonyl (C=O) groups excluding carboxylic acids is 1. The molecule has 1 aromatic heterocycles. The lowest BCUT2D eigenvalue weighted by atomic mass is 9.76. The Balaban J connectivity index is 2.29. The van der Waals surface area contributed by atoms with E-state index in [0.717, 1.165) is 22.2 Å². The topological polar surface area (TPSA) is 68.1 Å². The fraction of sp³-hybridized carbons (Fsp3) is 0.308. The van der Waals surface area contributed by atoms with E-state index in [1.807, 2.05) is 31.2 Å². The monoisotopic (exact) mass is 230 g/mol. The number of primary amides is 1. The molecule has 2 heterocycles. The number of H-pyrrole nitrogens is 1. The van der Waals surface area contributed by atoms with Gasteiger partial charge in [-0.1, -0.05) is 18.2 Å². The molecule has 3 rings (SSSR count). The number of aromatic amines is 1. The van der Waals surface area contributed by atoms with Gasteiger partial charge < -0.3 is 15.5 Å². The minimum atomic E-state index is -0.649. The van der Waals surface area contributed by atoms with E-state index in [-0.39, 0.29) is 5.91 Å². The number of amides is 1. The number of benzene rings is 1. The zero-order chi connectivity index (χ0) is 12.0. The smallest absolute Gasteiger partial charge is 0.232 e. The van der Waals surface area contributed by atoms with Crippen LogP contribution in [0.3, 0.4) is 0 Å². The molecule has 0 aliphatic carbocycles. The van der Waals surface area contributed by atoms with Crippen molar-refractivity contribution < 1.29 is 9.53 Å². The number of rotatable bonds is 2. The van der Waals surface area contributed by atoms with Crippen LogP contribution in [-0.2, 0) is 14.9 Å². The first kappa shape index (κ1) is 10.4. The summed E-state index contributed by atoms with van der Waals surface area (Å²) in [6.45, 7) is 2.73. The van der Waals surface area contributed by atoms with Crippen molar-refractivity contribution in [1.82, 2.24) is 4.98 Å². The number of fused-ring (bicyclic) bond motifs is 1. The van der Waals surface area contributed by atoms with E-state index in [4.69, 9.17) is 10.5 Å². The summed E-state index contributed by atoms with van der Waals surface area (Å²) in [7, 11) is 0. The van der Waals surface area contributed by atoms with Crippen molar-refractivity contribution in [3.05, 3.63) is 35.5 Å². The van der Waals surface area contributed by atoms with Gasteiger partial charge >= 0.3 is 0 Å². The quantitative estimate of drug-likeness (QED) is 0.814. The molecule has 17 heavy (non-hydrogen) atoms. The molecule has 3 N–H and O–H groups in total. The SMILES string of the molecule is Cc1[nH]c2ccccc2c1C1(C(N)=O)COC1. The van der Waals surface area contributed by atoms with Crippen LogP contribution in [0, 0.1) is 6.92 Å². The van der Waals surface area contributed by atoms with E-state index in [0.29, 0.717) is 13.2 Å². The number of ether oxygens (including phenoxy) is 1. The molecule has 1 fully saturated rings. The fourth-order valence-electron chi connectivity index (χ4n) is 2.61. The average molecular weight is 230 g/mol. The van der Waals surface area contributed by atoms with Gasteiger partial charge in [0.25, 0.3) is 0 Å². The molecule has 1 aliphatic rings. The summed E-state index contributed by atoms with van der Waals surface area (Å²) in [6, 6.07) is 7.95. The molecule has 0 unspecified atom stereocenters. The molecule has 1 aliphatic heterocycles. The molecule has 0 bridgehead atoms. The standard InChI is InChI=1S/C13H14N2O2/c1-8-11(13(12(14)16)6-17-7-13)9-4-2-3-5-10(9)15-8/h2-5,15H,6-7H2,1H3,(H2,14,16). The van der Waals surface area contributed by atoms with Gasteiger partial charge in [-0.05, 0) is 13.0 Å². The Morgan fingerprint density at radius 3 is 2.71 bits per heavy atom. The molecule has 4 heteroatoms. The van der Waals surface area contributed by atoms with Crippen molar-refractivity contribution in [2.75, 3.05) is 13.2 Å². The van der Waals surface area contributed by atoms with Gasteiger partial charge in [0, 0.05) is 22.2 Å². The van der Waals surface area contributed by atoms with E-state index < -0.39 is 5.41 Å². The van der Waals surface area contributed by atoms with Crippen LogP contribution in [0.2, 0.25) is 0 Å². The Hall–Kier alpha value is -1.81. The van der Waals surface area contributed by atoms with E-state index in [2.05, 4.69) is 4.98 Å². The Kier molecular flexibility index (Phi) is 2.03. The minimum Gasteiger partial charge on any atom is -0.378 e. The highest BCUT2D eigenvalue weighted by Gasteiger charge is 2.48. The zero-order valence-electron chi connectivity index (χ0n) is 9.62. The van der Waals surface area contributed by atoms with Gasteiger partial charge in [-0.2, -0.15) is 0 Å². The Morgan fingerprint density at radius 1 is 1.41 bits per heavy atom. The maximum atomic E-state index is 11.7. The van der Waals surface area contributed by atoms with E-state index >= 15 is 0 Å². The van der Waals surface area contributed by atoms with Crippen molar-refractivity contribution in [2.24, 2.45) is 5.73 Å². The third-order valence-corrected chi connectivity index (χ3v) is 3.54. The highest BCUT2D eigenvalue weighted by atomic mass is 16.5. The van der Waals surface area contributed by atoms with Gasteiger partial charge in [-0.3, -0.25) is 4.79 Å². The summed E-state index contributed by atoms with van der Waals surface area (Å²) in [5.74, 6) is -0.309. The second kappa shape index (κ2) is 3.34. The number of hydrogen-bond donors (Lipinski definition) is 2. The lowest BCUT2D eigenvalue weighted by Crippen LogP contribution is -2.56. The van der Waals surface area contributed by atoms with Gasteiger partial charge in [0.1, 0.15) is 5.41 Å². The second-order valence-electron chi connectivity index (χ2n) is 4.61. The first-order valence-electron chi connectivity index (χ1n) is 5.60. The average Bonchev–Trinajstić information content (AvgIpc) is 2.54. The van der Waals surface area contributed by atoms with Gasteiger partial charge in [0.2, 0.25) is 5.91 Å². The normalized spacial score (nSPS) is 17.9. The summed E-state index contributed by atoms with van der Waals surface area (Å²) >= 11 is 0. The van der Waals surface area contributed by atoms with Crippen LogP contribution < -0.4 is 5.73 Å². The first-order chi connectivity index (χ1) is 8.15. The van der Waals surface area contributed by atoms with E-state index in [1.54, 1.807) is 0 Å². The van der Waals surface area contributed by atoms with Crippen LogP contribution >= 0.6 is 0 Å². The predicted molar refractivity (Wildman–Crippen MR) is 64.7 cm³/mol. The van der Waals surface area contributed by atoms with Crippen LogP contribution in [0.15, 0.2) is 24.3 Å². The predicted octanol–water partition coefficient (Wildman–Crippen LogP) is 1.23. The third kappa shape index (κ3) is 1.24. The molecule has 88 valence electrons. The lowest BCUT2D eigenvalue weighted by Gasteiger charge is -2.39. The number of carbonyl (C=O) groups is 1. The fourth-order valence-corrected chi connectivity index (χ4v) is 2.61. The van der Waals surface area contributed by atoms with Crippen LogP contribution in [0.5, 0.6) is 0 Å². The molecule has 4 nitrogen and oxygen atoms in total. The largest absolute Gasteiger partial charge is 0.378 e. The summed E-state index contributed by atoms with van der Waals surface area (Å²) in [6.07, 6.45) is 0. The van der Waals surface area contributed by atoms with E-state index in [1.165, 1.54) is 0 Å². The number of nitrogens with two attached hydrogens (primary N) is 1. The summed E-state index contributed by atoms with van der Waals surface area (Å²) < 4.78 is 5.21. The summed E-state index contributed by atoms with van der Waals surface area (Å²) in [4.78, 5) is 15.0. The van der Waals surface area contributed by atoms with Crippen LogP contribution in [0.1, 0.15) is 11.3 Å². The van der Waals surface area contributed by atoms with Gasteiger partial charge in [-0.25, -0.2) is 0 Å². The highest BCUT2D eigenvalue weighted by Crippen LogP contribution is 2.38. The zero-order valence-corrected chi connectivity index (χ0v) is 9.62. The van der Waals surface area contributed by atoms with Gasteiger partial charge in [-0.15, -0.1) is 0 Å². The van der Waals surface area contributed by atoms with Crippen LogP contribution in [0.4, 0.5) is 0 Å². The molecular formula is C13H14N2O2. The maximum Gasteiger partial charge on any atom is 0.232 e. The van der Waals surface area contributed by atoms with Crippen molar-refractivity contribution >= 4 is 16.8 Å². The second-order valence-corrected chi connectivity index (χ2v) is 4.61. The van der Waals surface area contributed by atoms with Crippen molar-refractivity contribution in [1.29, 1.82) is 0 Å². The summed E-state index contributed by atoms with van der Waals surface area (Å²) in [5.41, 5.74) is 7.92. The van der Waals surface area contributed by atoms with Crippen LogP contribution in [0.25, 0.3) is 10.9 Å². The molecule has 1 amide bonds. The third-order valence-electron chi connectivity index (χ3n) is 3.54. The molecule has 1 aromatic carbocycles. The number of hydrogen-bond acceptors (Lipinski definition) is 2. The lowest BCUT2D eigenvalue weighted by molar-refractivity contribution is -0.141. The highest BCUT2D eigenvalue weighted by molar-refractivity contribution is 5.96. The van der Waals surface area contributed by atoms with Crippen molar-refractivity contribution in [3.63, 3.8) is 0 Å². The minimum absolute atomic E-state index is 0.309. The molecule has 0 spiro atoms. The molecular weight excluding hydrogens is 216 g/mol.